The van der Waals surface area contributed by atoms with E-state index >= 15 is 0 Å². The number of carboxylic acid groups (broad SMARTS) is 1. The summed E-state index contributed by atoms with van der Waals surface area (Å²) >= 11 is 0. The number of rotatable bonds is 6. The first-order chi connectivity index (χ1) is 20.0. The zero-order chi connectivity index (χ0) is 29.8. The average Bonchev–Trinajstić information content (AvgIpc) is 3.49. The lowest BCUT2D eigenvalue weighted by Gasteiger charge is -2.37. The zero-order valence-electron chi connectivity index (χ0n) is 23.2. The first-order valence-electron chi connectivity index (χ1n) is 13.9. The largest absolute Gasteiger partial charge is 0.478 e. The molecule has 0 unspecified atom stereocenters. The smallest absolute Gasteiger partial charge is 0.415 e. The van der Waals surface area contributed by atoms with E-state index in [9.17, 15) is 22.8 Å². The molecule has 0 bridgehead atoms. The number of nitrogens with zero attached hydrogens (tertiary/aromatic N) is 3. The van der Waals surface area contributed by atoms with Crippen LogP contribution < -0.4 is 4.90 Å². The van der Waals surface area contributed by atoms with Crippen molar-refractivity contribution in [3.8, 4) is 11.1 Å². The van der Waals surface area contributed by atoms with Gasteiger partial charge in [-0.1, -0.05) is 6.07 Å². The number of aromatic carboxylic acids is 1. The summed E-state index contributed by atoms with van der Waals surface area (Å²) < 4.78 is 50.1. The van der Waals surface area contributed by atoms with Crippen LogP contribution in [0, 0.1) is 17.5 Å². The number of amides is 1. The molecule has 218 valence electrons. The number of likely N-dealkylation sites (tertiary alicyclic amines) is 1. The molecule has 3 heterocycles. The Kier molecular flexibility index (Phi) is 6.97. The summed E-state index contributed by atoms with van der Waals surface area (Å²) in [7, 11) is 0. The molecule has 1 spiro atoms. The molecule has 3 aromatic carbocycles. The molecule has 1 aromatic heterocycles. The summed E-state index contributed by atoms with van der Waals surface area (Å²) in [5.41, 5.74) is 2.59. The molecule has 6 rings (SSSR count). The average molecular weight is 578 g/mol. The summed E-state index contributed by atoms with van der Waals surface area (Å²) in [6.07, 6.45) is 2.92. The molecule has 0 aliphatic carbocycles. The maximum Gasteiger partial charge on any atom is 0.415 e. The van der Waals surface area contributed by atoms with Crippen LogP contribution >= 0.6 is 0 Å². The molecule has 2 saturated heterocycles. The number of carbonyl (C=O) groups excluding carboxylic acids is 1. The second-order valence-electron chi connectivity index (χ2n) is 11.4. The fraction of sp³-hybridized carbons (Fsp3) is 0.312. The molecule has 0 saturated carbocycles. The highest BCUT2D eigenvalue weighted by atomic mass is 19.2. The Hall–Kier alpha value is -4.31. The summed E-state index contributed by atoms with van der Waals surface area (Å²) in [4.78, 5) is 27.8. The Bertz CT molecular complexity index is 1690. The second kappa shape index (κ2) is 10.5. The lowest BCUT2D eigenvalue weighted by atomic mass is 9.91. The van der Waals surface area contributed by atoms with E-state index in [0.717, 1.165) is 22.5 Å². The standard InChI is InChI=1S/C32H30F3N3O4/c1-19(2)37-17-22(25-13-21(5-8-29(25)37)24-14-27(34)28(35)15-26(24)33)16-36-11-9-32(10-12-36)18-38(31(41)42-32)23-6-3-20(4-7-23)30(39)40/h3-8,13-15,17,19H,9-12,16,18H2,1-2H3,(H,39,40). The minimum Gasteiger partial charge on any atom is -0.478 e. The third-order valence-electron chi connectivity index (χ3n) is 8.35. The molecule has 7 nitrogen and oxygen atoms in total. The lowest BCUT2D eigenvalue weighted by molar-refractivity contribution is -0.000899. The third kappa shape index (κ3) is 5.00. The molecule has 2 aliphatic heterocycles. The summed E-state index contributed by atoms with van der Waals surface area (Å²) in [6, 6.07) is 13.2. The number of piperidine rings is 1. The first-order valence-corrected chi connectivity index (χ1v) is 13.9. The monoisotopic (exact) mass is 577 g/mol. The molecular weight excluding hydrogens is 547 g/mol. The van der Waals surface area contributed by atoms with Crippen LogP contribution in [0.25, 0.3) is 22.0 Å². The maximum atomic E-state index is 14.6. The van der Waals surface area contributed by atoms with Gasteiger partial charge in [0.1, 0.15) is 11.4 Å². The Balaban J connectivity index is 1.21. The van der Waals surface area contributed by atoms with Crippen molar-refractivity contribution >= 4 is 28.7 Å². The van der Waals surface area contributed by atoms with Crippen molar-refractivity contribution < 1.29 is 32.6 Å². The molecular formula is C32H30F3N3O4. The number of hydrogen-bond acceptors (Lipinski definition) is 4. The van der Waals surface area contributed by atoms with Crippen LogP contribution in [0.5, 0.6) is 0 Å². The van der Waals surface area contributed by atoms with Gasteiger partial charge in [-0.25, -0.2) is 22.8 Å². The van der Waals surface area contributed by atoms with Crippen molar-refractivity contribution in [1.82, 2.24) is 9.47 Å². The van der Waals surface area contributed by atoms with E-state index in [4.69, 9.17) is 9.84 Å². The number of hydrogen-bond donors (Lipinski definition) is 1. The van der Waals surface area contributed by atoms with Crippen LogP contribution in [-0.2, 0) is 11.3 Å². The highest BCUT2D eigenvalue weighted by Crippen LogP contribution is 2.37. The first kappa shape index (κ1) is 27.8. The molecule has 0 radical (unpaired) electrons. The van der Waals surface area contributed by atoms with Gasteiger partial charge in [0.15, 0.2) is 11.6 Å². The SMILES string of the molecule is CC(C)n1cc(CN2CCC3(CC2)CN(c2ccc(C(=O)O)cc2)C(=O)O3)c2cc(-c3cc(F)c(F)cc3F)ccc21. The van der Waals surface area contributed by atoms with E-state index in [1.807, 2.05) is 12.1 Å². The maximum absolute atomic E-state index is 14.6. The Morgan fingerprint density at radius 1 is 0.976 bits per heavy atom. The summed E-state index contributed by atoms with van der Waals surface area (Å²) in [5, 5.41) is 10.1. The van der Waals surface area contributed by atoms with Crippen molar-refractivity contribution in [3.05, 3.63) is 89.4 Å². The summed E-state index contributed by atoms with van der Waals surface area (Å²) in [5.74, 6) is -4.17. The number of ether oxygens (including phenoxy) is 1. The lowest BCUT2D eigenvalue weighted by Crippen LogP contribution is -2.46. The van der Waals surface area contributed by atoms with Crippen molar-refractivity contribution in [1.29, 1.82) is 0 Å². The van der Waals surface area contributed by atoms with Crippen molar-refractivity contribution in [2.75, 3.05) is 24.5 Å². The molecule has 0 atom stereocenters. The highest BCUT2D eigenvalue weighted by molar-refractivity contribution is 5.92. The van der Waals surface area contributed by atoms with Crippen molar-refractivity contribution in [2.45, 2.75) is 44.9 Å². The topological polar surface area (TPSA) is 75.0 Å². The number of benzene rings is 3. The van der Waals surface area contributed by atoms with E-state index in [2.05, 4.69) is 29.5 Å². The van der Waals surface area contributed by atoms with Gasteiger partial charge in [-0.2, -0.15) is 0 Å². The van der Waals surface area contributed by atoms with E-state index < -0.39 is 35.1 Å². The number of carboxylic acids is 1. The highest BCUT2D eigenvalue weighted by Gasteiger charge is 2.47. The van der Waals surface area contributed by atoms with Gasteiger partial charge in [0.25, 0.3) is 0 Å². The molecule has 1 amide bonds. The predicted octanol–water partition coefficient (Wildman–Crippen LogP) is 7.00. The molecule has 42 heavy (non-hydrogen) atoms. The normalized spacial score (nSPS) is 17.0. The Morgan fingerprint density at radius 3 is 2.33 bits per heavy atom. The molecule has 2 fully saturated rings. The number of carbonyl (C=O) groups is 2. The fourth-order valence-electron chi connectivity index (χ4n) is 6.02. The van der Waals surface area contributed by atoms with Gasteiger partial charge in [-0.15, -0.1) is 0 Å². The number of halogens is 3. The number of anilines is 1. The van der Waals surface area contributed by atoms with E-state index in [1.54, 1.807) is 23.1 Å². The Morgan fingerprint density at radius 2 is 1.67 bits per heavy atom. The summed E-state index contributed by atoms with van der Waals surface area (Å²) in [6.45, 7) is 6.53. The quantitative estimate of drug-likeness (QED) is 0.250. The molecule has 1 N–H and O–H groups in total. The fourth-order valence-corrected chi connectivity index (χ4v) is 6.02. The van der Waals surface area contributed by atoms with Gasteiger partial charge in [-0.05, 0) is 67.4 Å². The predicted molar refractivity (Wildman–Crippen MR) is 152 cm³/mol. The molecule has 2 aliphatic rings. The zero-order valence-corrected chi connectivity index (χ0v) is 23.2. The third-order valence-corrected chi connectivity index (χ3v) is 8.35. The number of aromatic nitrogens is 1. The van der Waals surface area contributed by atoms with Gasteiger partial charge < -0.3 is 14.4 Å². The van der Waals surface area contributed by atoms with Gasteiger partial charge in [0.05, 0.1) is 12.1 Å². The number of fused-ring (bicyclic) bond motifs is 1. The van der Waals surface area contributed by atoms with E-state index in [1.165, 1.54) is 12.1 Å². The molecule has 10 heteroatoms. The van der Waals surface area contributed by atoms with Crippen LogP contribution in [0.3, 0.4) is 0 Å². The van der Waals surface area contributed by atoms with Crippen molar-refractivity contribution in [2.24, 2.45) is 0 Å². The van der Waals surface area contributed by atoms with Crippen LogP contribution in [0.2, 0.25) is 0 Å². The Labute approximate surface area is 240 Å². The van der Waals surface area contributed by atoms with Gasteiger partial charge in [0, 0.05) is 72.9 Å². The van der Waals surface area contributed by atoms with Crippen LogP contribution in [-0.4, -0.2) is 51.9 Å². The van der Waals surface area contributed by atoms with E-state index in [0.29, 0.717) is 56.3 Å². The van der Waals surface area contributed by atoms with Gasteiger partial charge >= 0.3 is 12.1 Å². The second-order valence-corrected chi connectivity index (χ2v) is 11.4. The van der Waals surface area contributed by atoms with Crippen LogP contribution in [0.4, 0.5) is 23.7 Å². The van der Waals surface area contributed by atoms with E-state index in [-0.39, 0.29) is 17.2 Å². The van der Waals surface area contributed by atoms with Crippen LogP contribution in [0.1, 0.15) is 48.7 Å². The van der Waals surface area contributed by atoms with Gasteiger partial charge in [-0.3, -0.25) is 9.80 Å². The molecule has 4 aromatic rings. The van der Waals surface area contributed by atoms with Gasteiger partial charge in [0.2, 0.25) is 0 Å². The minimum absolute atomic E-state index is 0.00386. The van der Waals surface area contributed by atoms with Crippen molar-refractivity contribution in [3.63, 3.8) is 0 Å². The minimum atomic E-state index is -1.22. The van der Waals surface area contributed by atoms with Crippen LogP contribution in [0.15, 0.2) is 60.8 Å².